The molecule has 2 aliphatic heterocycles. The van der Waals surface area contributed by atoms with Gasteiger partial charge in [0.15, 0.2) is 0 Å². The number of para-hydroxylation sites is 1. The molecule has 1 aromatic carbocycles. The summed E-state index contributed by atoms with van der Waals surface area (Å²) in [5.74, 6) is 1.00. The van der Waals surface area contributed by atoms with E-state index in [1.807, 2.05) is 34.1 Å². The van der Waals surface area contributed by atoms with Gasteiger partial charge in [0.25, 0.3) is 0 Å². The van der Waals surface area contributed by atoms with Crippen LogP contribution in [0.15, 0.2) is 24.3 Å². The monoisotopic (exact) mass is 344 g/mol. The van der Waals surface area contributed by atoms with E-state index in [1.54, 1.807) is 14.0 Å². The lowest BCUT2D eigenvalue weighted by atomic mass is 9.76. The van der Waals surface area contributed by atoms with E-state index >= 15 is 0 Å². The van der Waals surface area contributed by atoms with Crippen molar-refractivity contribution in [3.05, 3.63) is 29.8 Å². The molecule has 2 heterocycles. The first-order valence-corrected chi connectivity index (χ1v) is 9.17. The first-order valence-electron chi connectivity index (χ1n) is 9.17. The number of ether oxygens (including phenoxy) is 1. The van der Waals surface area contributed by atoms with Crippen LogP contribution in [0.2, 0.25) is 0 Å². The minimum Gasteiger partial charge on any atom is -0.496 e. The van der Waals surface area contributed by atoms with Crippen molar-refractivity contribution in [1.82, 2.24) is 9.80 Å². The minimum absolute atomic E-state index is 0.112. The molecule has 0 aromatic heterocycles. The molecule has 136 valence electrons. The molecule has 25 heavy (non-hydrogen) atoms. The number of carbonyl (C=O) groups is 2. The minimum atomic E-state index is -0.237. The Labute approximate surface area is 149 Å². The second-order valence-electron chi connectivity index (χ2n) is 7.37. The summed E-state index contributed by atoms with van der Waals surface area (Å²) < 4.78 is 5.38. The summed E-state index contributed by atoms with van der Waals surface area (Å²) >= 11 is 0. The Hall–Kier alpha value is -2.04. The van der Waals surface area contributed by atoms with Crippen LogP contribution in [0, 0.1) is 0 Å². The summed E-state index contributed by atoms with van der Waals surface area (Å²) in [6, 6.07) is 7.80. The van der Waals surface area contributed by atoms with Gasteiger partial charge in [-0.05, 0) is 38.7 Å². The van der Waals surface area contributed by atoms with E-state index in [0.717, 1.165) is 50.1 Å². The van der Waals surface area contributed by atoms with E-state index in [2.05, 4.69) is 6.92 Å². The van der Waals surface area contributed by atoms with Gasteiger partial charge in [-0.1, -0.05) is 18.2 Å². The molecule has 0 spiro atoms. The van der Waals surface area contributed by atoms with Crippen molar-refractivity contribution >= 4 is 11.8 Å². The number of piperidine rings is 2. The zero-order valence-corrected chi connectivity index (χ0v) is 15.5. The van der Waals surface area contributed by atoms with Crippen molar-refractivity contribution in [2.45, 2.75) is 57.5 Å². The fourth-order valence-electron chi connectivity index (χ4n) is 4.67. The standard InChI is InChI=1S/C20H28N2O3/c1-15(23)22-13-6-10-18-20(22,2)11-7-12-21(18)19(24)14-16-8-4-5-9-17(16)25-3/h4-5,8-9,18H,6-7,10-14H2,1-3H3/t18-,20+/m1/s1. The van der Waals surface area contributed by atoms with Crippen molar-refractivity contribution in [3.63, 3.8) is 0 Å². The van der Waals surface area contributed by atoms with Crippen LogP contribution in [0.5, 0.6) is 5.75 Å². The highest BCUT2D eigenvalue weighted by atomic mass is 16.5. The smallest absolute Gasteiger partial charge is 0.227 e. The van der Waals surface area contributed by atoms with Gasteiger partial charge in [0.2, 0.25) is 11.8 Å². The maximum atomic E-state index is 13.1. The predicted molar refractivity (Wildman–Crippen MR) is 96.5 cm³/mol. The molecule has 0 N–H and O–H groups in total. The lowest BCUT2D eigenvalue weighted by molar-refractivity contribution is -0.154. The lowest BCUT2D eigenvalue weighted by Crippen LogP contribution is -2.68. The molecule has 2 atom stereocenters. The van der Waals surface area contributed by atoms with Crippen LogP contribution < -0.4 is 4.74 Å². The molecule has 2 fully saturated rings. The third-order valence-corrected chi connectivity index (χ3v) is 5.89. The van der Waals surface area contributed by atoms with Crippen LogP contribution in [0.1, 0.15) is 45.1 Å². The number of hydrogen-bond acceptors (Lipinski definition) is 3. The molecule has 2 saturated heterocycles. The average Bonchev–Trinajstić information content (AvgIpc) is 2.60. The number of rotatable bonds is 3. The first kappa shape index (κ1) is 17.8. The zero-order valence-electron chi connectivity index (χ0n) is 15.5. The number of amides is 2. The Morgan fingerprint density at radius 2 is 2.00 bits per heavy atom. The Morgan fingerprint density at radius 1 is 1.24 bits per heavy atom. The molecular formula is C20H28N2O3. The molecule has 3 rings (SSSR count). The van der Waals surface area contributed by atoms with E-state index in [1.165, 1.54) is 0 Å². The van der Waals surface area contributed by atoms with E-state index in [4.69, 9.17) is 4.74 Å². The molecule has 1 aromatic rings. The second kappa shape index (κ2) is 7.06. The molecule has 0 aliphatic carbocycles. The summed E-state index contributed by atoms with van der Waals surface area (Å²) in [6.45, 7) is 5.38. The average molecular weight is 344 g/mol. The van der Waals surface area contributed by atoms with Crippen LogP contribution in [0.25, 0.3) is 0 Å². The van der Waals surface area contributed by atoms with Gasteiger partial charge in [0.1, 0.15) is 5.75 Å². The van der Waals surface area contributed by atoms with Crippen LogP contribution in [0.4, 0.5) is 0 Å². The summed E-state index contributed by atoms with van der Waals surface area (Å²) in [4.78, 5) is 29.2. The third-order valence-electron chi connectivity index (χ3n) is 5.89. The maximum Gasteiger partial charge on any atom is 0.227 e. The summed E-state index contributed by atoms with van der Waals surface area (Å²) in [6.07, 6.45) is 4.18. The molecule has 2 amide bonds. The van der Waals surface area contributed by atoms with Gasteiger partial charge in [-0.25, -0.2) is 0 Å². The van der Waals surface area contributed by atoms with Gasteiger partial charge in [-0.3, -0.25) is 9.59 Å². The van der Waals surface area contributed by atoms with Crippen molar-refractivity contribution < 1.29 is 14.3 Å². The number of methoxy groups -OCH3 is 1. The topological polar surface area (TPSA) is 49.9 Å². The largest absolute Gasteiger partial charge is 0.496 e. The highest BCUT2D eigenvalue weighted by Gasteiger charge is 2.49. The van der Waals surface area contributed by atoms with Gasteiger partial charge in [0, 0.05) is 25.6 Å². The summed E-state index contributed by atoms with van der Waals surface area (Å²) in [7, 11) is 1.63. The van der Waals surface area contributed by atoms with E-state index in [0.29, 0.717) is 6.42 Å². The van der Waals surface area contributed by atoms with Crippen molar-refractivity contribution in [2.75, 3.05) is 20.2 Å². The fourth-order valence-corrected chi connectivity index (χ4v) is 4.67. The van der Waals surface area contributed by atoms with Crippen molar-refractivity contribution in [2.24, 2.45) is 0 Å². The van der Waals surface area contributed by atoms with Gasteiger partial charge >= 0.3 is 0 Å². The summed E-state index contributed by atoms with van der Waals surface area (Å²) in [5.41, 5.74) is 0.681. The molecule has 0 unspecified atom stereocenters. The number of nitrogens with zero attached hydrogens (tertiary/aromatic N) is 2. The zero-order chi connectivity index (χ0) is 18.0. The van der Waals surface area contributed by atoms with Crippen LogP contribution in [0.3, 0.4) is 0 Å². The third kappa shape index (κ3) is 3.24. The maximum absolute atomic E-state index is 13.1. The Morgan fingerprint density at radius 3 is 2.72 bits per heavy atom. The van der Waals surface area contributed by atoms with Gasteiger partial charge in [0.05, 0.1) is 25.1 Å². The van der Waals surface area contributed by atoms with Gasteiger partial charge < -0.3 is 14.5 Å². The van der Waals surface area contributed by atoms with Gasteiger partial charge in [-0.2, -0.15) is 0 Å². The molecule has 5 nitrogen and oxygen atoms in total. The Kier molecular flexibility index (Phi) is 5.02. The predicted octanol–water partition coefficient (Wildman–Crippen LogP) is 2.63. The van der Waals surface area contributed by atoms with Crippen LogP contribution >= 0.6 is 0 Å². The number of hydrogen-bond donors (Lipinski definition) is 0. The Bertz CT molecular complexity index is 660. The quantitative estimate of drug-likeness (QED) is 0.847. The molecule has 5 heteroatoms. The number of likely N-dealkylation sites (tertiary alicyclic amines) is 2. The highest BCUT2D eigenvalue weighted by Crippen LogP contribution is 2.39. The van der Waals surface area contributed by atoms with E-state index < -0.39 is 0 Å². The molecular weight excluding hydrogens is 316 g/mol. The first-order chi connectivity index (χ1) is 12.0. The van der Waals surface area contributed by atoms with Crippen molar-refractivity contribution in [3.8, 4) is 5.75 Å². The number of benzene rings is 1. The van der Waals surface area contributed by atoms with Gasteiger partial charge in [-0.15, -0.1) is 0 Å². The molecule has 0 saturated carbocycles. The van der Waals surface area contributed by atoms with Crippen LogP contribution in [-0.2, 0) is 16.0 Å². The van der Waals surface area contributed by atoms with E-state index in [9.17, 15) is 9.59 Å². The van der Waals surface area contributed by atoms with Crippen molar-refractivity contribution in [1.29, 1.82) is 0 Å². The van der Waals surface area contributed by atoms with Crippen LogP contribution in [-0.4, -0.2) is 53.4 Å². The summed E-state index contributed by atoms with van der Waals surface area (Å²) in [5, 5.41) is 0. The number of fused-ring (bicyclic) bond motifs is 1. The second-order valence-corrected chi connectivity index (χ2v) is 7.37. The van der Waals surface area contributed by atoms with E-state index in [-0.39, 0.29) is 23.4 Å². The SMILES string of the molecule is COc1ccccc1CC(=O)N1CCC[C@@]2(C)[C@H]1CCCN2C(C)=O. The molecule has 2 aliphatic rings. The Balaban J connectivity index is 1.82. The lowest BCUT2D eigenvalue weighted by Gasteiger charge is -2.56. The number of carbonyl (C=O) groups excluding carboxylic acids is 2. The fraction of sp³-hybridized carbons (Fsp3) is 0.600. The highest BCUT2D eigenvalue weighted by molar-refractivity contribution is 5.81. The molecule has 0 bridgehead atoms. The molecule has 0 radical (unpaired) electrons. The normalized spacial score (nSPS) is 26.1.